The van der Waals surface area contributed by atoms with Crippen LogP contribution in [0.5, 0.6) is 17.2 Å². The van der Waals surface area contributed by atoms with Crippen molar-refractivity contribution in [2.75, 3.05) is 33.1 Å². The molecule has 1 saturated heterocycles. The van der Waals surface area contributed by atoms with Gasteiger partial charge < -0.3 is 34.5 Å². The van der Waals surface area contributed by atoms with Crippen molar-refractivity contribution in [2.24, 2.45) is 5.92 Å². The molecule has 36 heavy (non-hydrogen) atoms. The van der Waals surface area contributed by atoms with Crippen molar-refractivity contribution in [3.63, 3.8) is 0 Å². The van der Waals surface area contributed by atoms with Gasteiger partial charge in [0.25, 0.3) is 5.91 Å². The maximum atomic E-state index is 13.2. The highest BCUT2D eigenvalue weighted by Crippen LogP contribution is 2.48. The molecule has 3 aromatic rings. The lowest BCUT2D eigenvalue weighted by molar-refractivity contribution is -0.135. The average Bonchev–Trinajstić information content (AvgIpc) is 3.42. The van der Waals surface area contributed by atoms with Gasteiger partial charge in [0.1, 0.15) is 29.9 Å². The van der Waals surface area contributed by atoms with E-state index in [1.54, 1.807) is 11.1 Å². The van der Waals surface area contributed by atoms with Crippen molar-refractivity contribution < 1.29 is 28.9 Å². The van der Waals surface area contributed by atoms with Crippen LogP contribution in [0.2, 0.25) is 0 Å². The first-order valence-electron chi connectivity index (χ1n) is 12.2. The molecule has 11 heteroatoms. The highest BCUT2D eigenvalue weighted by molar-refractivity contribution is 6.08. The van der Waals surface area contributed by atoms with Gasteiger partial charge in [-0.1, -0.05) is 0 Å². The van der Waals surface area contributed by atoms with Gasteiger partial charge in [-0.25, -0.2) is 9.97 Å². The molecule has 0 bridgehead atoms. The highest BCUT2D eigenvalue weighted by atomic mass is 16.7. The Balaban J connectivity index is 1.27. The second-order valence-electron chi connectivity index (χ2n) is 9.36. The van der Waals surface area contributed by atoms with Crippen LogP contribution in [-0.4, -0.2) is 75.9 Å². The van der Waals surface area contributed by atoms with Crippen LogP contribution >= 0.6 is 0 Å². The molecule has 6 rings (SSSR count). The maximum Gasteiger partial charge on any atom is 0.255 e. The van der Waals surface area contributed by atoms with E-state index >= 15 is 0 Å². The number of piperidine rings is 1. The summed E-state index contributed by atoms with van der Waals surface area (Å²) in [7, 11) is 0. The van der Waals surface area contributed by atoms with Crippen LogP contribution in [0.3, 0.4) is 0 Å². The number of hydrogen-bond acceptors (Lipinski definition) is 8. The van der Waals surface area contributed by atoms with E-state index in [4.69, 9.17) is 19.3 Å². The minimum atomic E-state index is -0.497. The van der Waals surface area contributed by atoms with Gasteiger partial charge in [0.15, 0.2) is 11.5 Å². The Hall–Kier alpha value is -3.86. The standard InChI is InChI=1S/C25H27N5O6/c31-10-19(32)30-7-5-15(6-8-30)29-25(33)16-9-26-23-21(16)27-12-28-22(23)20-17(34-11-14-1-2-14)3-4-18-24(20)36-13-35-18/h3-4,9,12,14-15,26,31H,1-2,5-8,10-11,13H2,(H,29,33). The number of aliphatic hydroxyl groups is 1. The first kappa shape index (κ1) is 22.6. The Bertz CT molecular complexity index is 1310. The van der Waals surface area contributed by atoms with E-state index in [1.165, 1.54) is 19.2 Å². The molecule has 0 radical (unpaired) electrons. The Morgan fingerprint density at radius 2 is 2.00 bits per heavy atom. The Kier molecular flexibility index (Phi) is 5.84. The summed E-state index contributed by atoms with van der Waals surface area (Å²) in [5.41, 5.74) is 2.75. The van der Waals surface area contributed by atoms with E-state index in [1.807, 2.05) is 12.1 Å². The fourth-order valence-electron chi connectivity index (χ4n) is 4.73. The fraction of sp³-hybridized carbons (Fsp3) is 0.440. The second-order valence-corrected chi connectivity index (χ2v) is 9.36. The van der Waals surface area contributed by atoms with Crippen molar-refractivity contribution in [1.82, 2.24) is 25.2 Å². The fourth-order valence-corrected chi connectivity index (χ4v) is 4.73. The van der Waals surface area contributed by atoms with E-state index < -0.39 is 6.61 Å². The predicted molar refractivity (Wildman–Crippen MR) is 128 cm³/mol. The Labute approximate surface area is 206 Å². The van der Waals surface area contributed by atoms with Crippen LogP contribution in [0.1, 0.15) is 36.0 Å². The summed E-state index contributed by atoms with van der Waals surface area (Å²) in [5, 5.41) is 12.1. The quantitative estimate of drug-likeness (QED) is 0.453. The number of aliphatic hydroxyl groups excluding tert-OH is 1. The van der Waals surface area contributed by atoms with Crippen molar-refractivity contribution in [2.45, 2.75) is 31.7 Å². The number of nitrogens with zero attached hydrogens (tertiary/aromatic N) is 3. The molecule has 3 N–H and O–H groups in total. The molecule has 2 fully saturated rings. The van der Waals surface area contributed by atoms with Gasteiger partial charge in [0, 0.05) is 25.3 Å². The molecular weight excluding hydrogens is 466 g/mol. The zero-order valence-corrected chi connectivity index (χ0v) is 19.7. The number of fused-ring (bicyclic) bond motifs is 2. The molecule has 2 aromatic heterocycles. The van der Waals surface area contributed by atoms with Crippen LogP contribution in [-0.2, 0) is 4.79 Å². The minimum absolute atomic E-state index is 0.0723. The van der Waals surface area contributed by atoms with Gasteiger partial charge in [-0.2, -0.15) is 0 Å². The molecular formula is C25H27N5O6. The molecule has 4 heterocycles. The SMILES string of the molecule is O=C(NC1CCN(C(=O)CO)CC1)c1c[nH]c2c(-c3c(OCC4CC4)ccc4c3OCO4)ncnc12. The van der Waals surface area contributed by atoms with E-state index in [0.717, 1.165) is 0 Å². The third kappa shape index (κ3) is 4.19. The molecule has 1 saturated carbocycles. The Morgan fingerprint density at radius 1 is 1.17 bits per heavy atom. The van der Waals surface area contributed by atoms with E-state index in [2.05, 4.69) is 20.3 Å². The third-order valence-electron chi connectivity index (χ3n) is 6.94. The smallest absolute Gasteiger partial charge is 0.255 e. The number of aromatic nitrogens is 3. The summed E-state index contributed by atoms with van der Waals surface area (Å²) in [4.78, 5) is 38.6. The summed E-state index contributed by atoms with van der Waals surface area (Å²) in [5.74, 6) is 1.86. The van der Waals surface area contributed by atoms with Gasteiger partial charge in [0.05, 0.1) is 23.3 Å². The van der Waals surface area contributed by atoms with Gasteiger partial charge in [-0.3, -0.25) is 9.59 Å². The molecule has 0 unspecified atom stereocenters. The van der Waals surface area contributed by atoms with E-state index in [0.29, 0.717) is 83.6 Å². The maximum absolute atomic E-state index is 13.2. The van der Waals surface area contributed by atoms with Crippen LogP contribution in [0.15, 0.2) is 24.7 Å². The van der Waals surface area contributed by atoms with Crippen molar-refractivity contribution in [3.8, 4) is 28.5 Å². The van der Waals surface area contributed by atoms with Gasteiger partial charge >= 0.3 is 0 Å². The summed E-state index contributed by atoms with van der Waals surface area (Å²) in [6.07, 6.45) is 6.65. The average molecular weight is 494 g/mol. The van der Waals surface area contributed by atoms with E-state index in [9.17, 15) is 9.59 Å². The molecule has 0 atom stereocenters. The van der Waals surface area contributed by atoms with Crippen molar-refractivity contribution in [1.29, 1.82) is 0 Å². The lowest BCUT2D eigenvalue weighted by Gasteiger charge is -2.32. The first-order chi connectivity index (χ1) is 17.6. The number of aromatic amines is 1. The van der Waals surface area contributed by atoms with Gasteiger partial charge in [-0.05, 0) is 43.7 Å². The largest absolute Gasteiger partial charge is 0.492 e. The third-order valence-corrected chi connectivity index (χ3v) is 6.94. The molecule has 3 aliphatic rings. The highest BCUT2D eigenvalue weighted by Gasteiger charge is 2.30. The lowest BCUT2D eigenvalue weighted by atomic mass is 10.0. The zero-order valence-electron chi connectivity index (χ0n) is 19.7. The zero-order chi connectivity index (χ0) is 24.6. The number of ether oxygens (including phenoxy) is 3. The molecule has 2 aliphatic heterocycles. The number of nitrogens with one attached hydrogen (secondary N) is 2. The molecule has 0 spiro atoms. The van der Waals surface area contributed by atoms with Crippen LogP contribution in [0, 0.1) is 5.92 Å². The summed E-state index contributed by atoms with van der Waals surface area (Å²) in [6.45, 7) is 1.24. The number of H-pyrrole nitrogens is 1. The number of likely N-dealkylation sites (tertiary alicyclic amines) is 1. The summed E-state index contributed by atoms with van der Waals surface area (Å²) < 4.78 is 17.5. The monoisotopic (exact) mass is 493 g/mol. The number of amides is 2. The van der Waals surface area contributed by atoms with Crippen LogP contribution in [0.25, 0.3) is 22.3 Å². The predicted octanol–water partition coefficient (Wildman–Crippen LogP) is 1.86. The van der Waals surface area contributed by atoms with E-state index in [-0.39, 0.29) is 24.6 Å². The topological polar surface area (TPSA) is 139 Å². The number of carbonyl (C=O) groups is 2. The van der Waals surface area contributed by atoms with Crippen LogP contribution in [0.4, 0.5) is 0 Å². The molecule has 1 aliphatic carbocycles. The second kappa shape index (κ2) is 9.30. The summed E-state index contributed by atoms with van der Waals surface area (Å²) in [6, 6.07) is 3.63. The Morgan fingerprint density at radius 3 is 2.78 bits per heavy atom. The number of benzene rings is 1. The molecule has 188 valence electrons. The van der Waals surface area contributed by atoms with Gasteiger partial charge in [-0.15, -0.1) is 0 Å². The summed E-state index contributed by atoms with van der Waals surface area (Å²) >= 11 is 0. The molecule has 2 amide bonds. The van der Waals surface area contributed by atoms with Crippen molar-refractivity contribution in [3.05, 3.63) is 30.2 Å². The minimum Gasteiger partial charge on any atom is -0.492 e. The number of carbonyl (C=O) groups excluding carboxylic acids is 2. The normalized spacial score (nSPS) is 17.4. The molecule has 11 nitrogen and oxygen atoms in total. The number of rotatable bonds is 7. The lowest BCUT2D eigenvalue weighted by Crippen LogP contribution is -2.47. The van der Waals surface area contributed by atoms with Crippen LogP contribution < -0.4 is 19.5 Å². The molecule has 1 aromatic carbocycles. The number of hydrogen-bond donors (Lipinski definition) is 3. The first-order valence-corrected chi connectivity index (χ1v) is 12.2. The van der Waals surface area contributed by atoms with Gasteiger partial charge in [0.2, 0.25) is 12.7 Å². The van der Waals surface area contributed by atoms with Crippen molar-refractivity contribution >= 4 is 22.8 Å².